The van der Waals surface area contributed by atoms with Gasteiger partial charge >= 0.3 is 5.97 Å². The van der Waals surface area contributed by atoms with Crippen molar-refractivity contribution in [3.8, 4) is 0 Å². The van der Waals surface area contributed by atoms with E-state index in [1.165, 1.54) is 6.42 Å². The van der Waals surface area contributed by atoms with Crippen LogP contribution in [0.2, 0.25) is 0 Å². The molecule has 0 saturated carbocycles. The zero-order chi connectivity index (χ0) is 12.1. The van der Waals surface area contributed by atoms with Crippen molar-refractivity contribution in [3.63, 3.8) is 0 Å². The van der Waals surface area contributed by atoms with E-state index < -0.39 is 0 Å². The van der Waals surface area contributed by atoms with Crippen LogP contribution >= 0.6 is 0 Å². The molecule has 0 heterocycles. The first-order valence-electron chi connectivity index (χ1n) is 6.15. The average Bonchev–Trinajstić information content (AvgIpc) is 2.27. The fraction of sp³-hybridized carbons (Fsp3) is 0.769. The Bertz CT molecular complexity index is 178. The predicted molar refractivity (Wildman–Crippen MR) is 65.4 cm³/mol. The smallest absolute Gasteiger partial charge is 0.309 e. The van der Waals surface area contributed by atoms with Crippen LogP contribution in [0.3, 0.4) is 0 Å². The summed E-state index contributed by atoms with van der Waals surface area (Å²) in [5.41, 5.74) is 0. The standard InChI is InChI=1S/C13H24O3/c1-3-5-10-15-11-7-6-8-12-16-13(14)9-4-2/h4H,2-3,5-12H2,1H3. The normalized spacial score (nSPS) is 10.1. The highest BCUT2D eigenvalue weighted by atomic mass is 16.5. The average molecular weight is 228 g/mol. The number of hydrogen-bond donors (Lipinski definition) is 0. The molecule has 94 valence electrons. The van der Waals surface area contributed by atoms with Gasteiger partial charge in [0.25, 0.3) is 0 Å². The summed E-state index contributed by atoms with van der Waals surface area (Å²) in [6.07, 6.45) is 7.19. The Labute approximate surface area is 98.8 Å². The van der Waals surface area contributed by atoms with Crippen LogP contribution in [0.25, 0.3) is 0 Å². The number of carbonyl (C=O) groups is 1. The van der Waals surface area contributed by atoms with E-state index in [0.29, 0.717) is 13.0 Å². The molecule has 0 unspecified atom stereocenters. The minimum atomic E-state index is -0.186. The van der Waals surface area contributed by atoms with Crippen molar-refractivity contribution < 1.29 is 14.3 Å². The molecule has 0 aliphatic rings. The van der Waals surface area contributed by atoms with Gasteiger partial charge in [-0.15, -0.1) is 6.58 Å². The molecule has 16 heavy (non-hydrogen) atoms. The largest absolute Gasteiger partial charge is 0.465 e. The van der Waals surface area contributed by atoms with E-state index in [0.717, 1.165) is 38.9 Å². The minimum Gasteiger partial charge on any atom is -0.465 e. The van der Waals surface area contributed by atoms with Crippen LogP contribution in [0.5, 0.6) is 0 Å². The predicted octanol–water partition coefficient (Wildman–Crippen LogP) is 3.09. The maximum atomic E-state index is 10.9. The molecule has 0 aliphatic heterocycles. The Balaban J connectivity index is 3.03. The van der Waals surface area contributed by atoms with E-state index in [9.17, 15) is 4.79 Å². The SMILES string of the molecule is C=CCC(=O)OCCCCCOCCCC. The first kappa shape index (κ1) is 15.2. The molecule has 0 aliphatic carbocycles. The highest BCUT2D eigenvalue weighted by Gasteiger charge is 1.98. The number of unbranched alkanes of at least 4 members (excludes halogenated alkanes) is 3. The van der Waals surface area contributed by atoms with E-state index in [1.807, 2.05) is 0 Å². The van der Waals surface area contributed by atoms with Crippen LogP contribution in [-0.4, -0.2) is 25.8 Å². The lowest BCUT2D eigenvalue weighted by Crippen LogP contribution is -2.04. The maximum absolute atomic E-state index is 10.9. The molecule has 0 fully saturated rings. The molecule has 0 aromatic heterocycles. The Morgan fingerprint density at radius 1 is 1.12 bits per heavy atom. The third-order valence-corrected chi connectivity index (χ3v) is 2.15. The summed E-state index contributed by atoms with van der Waals surface area (Å²) in [5.74, 6) is -0.186. The molecule has 0 saturated heterocycles. The third kappa shape index (κ3) is 11.2. The molecule has 0 amide bonds. The number of ether oxygens (including phenoxy) is 2. The summed E-state index contributed by atoms with van der Waals surface area (Å²) in [7, 11) is 0. The van der Waals surface area contributed by atoms with Gasteiger partial charge in [-0.2, -0.15) is 0 Å². The van der Waals surface area contributed by atoms with Crippen molar-refractivity contribution >= 4 is 5.97 Å². The second kappa shape index (κ2) is 12.2. The van der Waals surface area contributed by atoms with E-state index in [-0.39, 0.29) is 5.97 Å². The number of esters is 1. The summed E-state index contributed by atoms with van der Waals surface area (Å²) in [5, 5.41) is 0. The van der Waals surface area contributed by atoms with Gasteiger partial charge < -0.3 is 9.47 Å². The molecule has 0 bridgehead atoms. The van der Waals surface area contributed by atoms with E-state index in [4.69, 9.17) is 9.47 Å². The van der Waals surface area contributed by atoms with Gasteiger partial charge in [-0.05, 0) is 25.7 Å². The van der Waals surface area contributed by atoms with E-state index in [1.54, 1.807) is 6.08 Å². The van der Waals surface area contributed by atoms with Crippen LogP contribution in [0.4, 0.5) is 0 Å². The van der Waals surface area contributed by atoms with Gasteiger partial charge in [0.1, 0.15) is 0 Å². The Kier molecular flexibility index (Phi) is 11.6. The Morgan fingerprint density at radius 3 is 2.50 bits per heavy atom. The lowest BCUT2D eigenvalue weighted by atomic mass is 10.2. The van der Waals surface area contributed by atoms with Crippen molar-refractivity contribution in [2.45, 2.75) is 45.4 Å². The lowest BCUT2D eigenvalue weighted by Gasteiger charge is -2.04. The first-order valence-corrected chi connectivity index (χ1v) is 6.15. The van der Waals surface area contributed by atoms with Gasteiger partial charge in [0.05, 0.1) is 13.0 Å². The van der Waals surface area contributed by atoms with Crippen LogP contribution in [0.1, 0.15) is 45.4 Å². The van der Waals surface area contributed by atoms with Gasteiger partial charge in [0.15, 0.2) is 0 Å². The van der Waals surface area contributed by atoms with E-state index in [2.05, 4.69) is 13.5 Å². The van der Waals surface area contributed by atoms with E-state index >= 15 is 0 Å². The summed E-state index contributed by atoms with van der Waals surface area (Å²) in [6.45, 7) is 7.83. The van der Waals surface area contributed by atoms with Gasteiger partial charge in [-0.1, -0.05) is 19.4 Å². The summed E-state index contributed by atoms with van der Waals surface area (Å²) in [4.78, 5) is 10.9. The monoisotopic (exact) mass is 228 g/mol. The molecule has 0 aromatic carbocycles. The molecule has 0 spiro atoms. The molecule has 0 aromatic rings. The maximum Gasteiger partial charge on any atom is 0.309 e. The Morgan fingerprint density at radius 2 is 1.81 bits per heavy atom. The second-order valence-corrected chi connectivity index (χ2v) is 3.74. The van der Waals surface area contributed by atoms with Crippen molar-refractivity contribution in [3.05, 3.63) is 12.7 Å². The summed E-state index contributed by atoms with van der Waals surface area (Å²) < 4.78 is 10.4. The Hall–Kier alpha value is -0.830. The van der Waals surface area contributed by atoms with Crippen LogP contribution in [-0.2, 0) is 14.3 Å². The third-order valence-electron chi connectivity index (χ3n) is 2.15. The minimum absolute atomic E-state index is 0.186. The fourth-order valence-corrected chi connectivity index (χ4v) is 1.19. The number of hydrogen-bond acceptors (Lipinski definition) is 3. The van der Waals surface area contributed by atoms with Crippen molar-refractivity contribution in [1.29, 1.82) is 0 Å². The summed E-state index contributed by atoms with van der Waals surface area (Å²) in [6, 6.07) is 0. The molecule has 3 heteroatoms. The van der Waals surface area contributed by atoms with Gasteiger partial charge in [0, 0.05) is 13.2 Å². The molecule has 0 rings (SSSR count). The highest BCUT2D eigenvalue weighted by molar-refractivity contribution is 5.70. The molecule has 0 N–H and O–H groups in total. The fourth-order valence-electron chi connectivity index (χ4n) is 1.19. The number of rotatable bonds is 11. The molecule has 3 nitrogen and oxygen atoms in total. The molecule has 0 atom stereocenters. The molecular weight excluding hydrogens is 204 g/mol. The van der Waals surface area contributed by atoms with Crippen LogP contribution in [0.15, 0.2) is 12.7 Å². The van der Waals surface area contributed by atoms with Crippen molar-refractivity contribution in [2.75, 3.05) is 19.8 Å². The molecule has 0 radical (unpaired) electrons. The van der Waals surface area contributed by atoms with Gasteiger partial charge in [-0.3, -0.25) is 4.79 Å². The van der Waals surface area contributed by atoms with Crippen LogP contribution in [0, 0.1) is 0 Å². The quantitative estimate of drug-likeness (QED) is 0.310. The summed E-state index contributed by atoms with van der Waals surface area (Å²) >= 11 is 0. The lowest BCUT2D eigenvalue weighted by molar-refractivity contribution is -0.142. The number of carbonyl (C=O) groups excluding carboxylic acids is 1. The highest BCUT2D eigenvalue weighted by Crippen LogP contribution is 1.99. The molecular formula is C13H24O3. The van der Waals surface area contributed by atoms with Crippen LogP contribution < -0.4 is 0 Å². The van der Waals surface area contributed by atoms with Crippen molar-refractivity contribution in [1.82, 2.24) is 0 Å². The topological polar surface area (TPSA) is 35.5 Å². The second-order valence-electron chi connectivity index (χ2n) is 3.74. The van der Waals surface area contributed by atoms with Gasteiger partial charge in [-0.25, -0.2) is 0 Å². The van der Waals surface area contributed by atoms with Crippen molar-refractivity contribution in [2.24, 2.45) is 0 Å². The zero-order valence-electron chi connectivity index (χ0n) is 10.4. The van der Waals surface area contributed by atoms with Gasteiger partial charge in [0.2, 0.25) is 0 Å². The first-order chi connectivity index (χ1) is 7.81. The zero-order valence-corrected chi connectivity index (χ0v) is 10.4.